The van der Waals surface area contributed by atoms with Crippen LogP contribution in [0.25, 0.3) is 0 Å². The van der Waals surface area contributed by atoms with Crippen molar-refractivity contribution >= 4 is 5.91 Å². The third-order valence-electron chi connectivity index (χ3n) is 4.21. The lowest BCUT2D eigenvalue weighted by atomic mass is 9.87. The fourth-order valence-electron chi connectivity index (χ4n) is 2.83. The van der Waals surface area contributed by atoms with E-state index in [1.807, 2.05) is 30.3 Å². The van der Waals surface area contributed by atoms with E-state index < -0.39 is 6.04 Å². The van der Waals surface area contributed by atoms with Gasteiger partial charge in [-0.3, -0.25) is 4.79 Å². The van der Waals surface area contributed by atoms with E-state index in [0.29, 0.717) is 6.42 Å². The summed E-state index contributed by atoms with van der Waals surface area (Å²) >= 11 is 0. The number of amides is 1. The Morgan fingerprint density at radius 1 is 1.42 bits per heavy atom. The summed E-state index contributed by atoms with van der Waals surface area (Å²) in [6.45, 7) is 4.43. The molecule has 3 N–H and O–H groups in total. The molecule has 0 spiro atoms. The van der Waals surface area contributed by atoms with Crippen molar-refractivity contribution in [3.63, 3.8) is 0 Å². The topological polar surface area (TPSA) is 55.1 Å². The molecule has 0 heterocycles. The lowest BCUT2D eigenvalue weighted by Gasteiger charge is -2.28. The molecule has 19 heavy (non-hydrogen) atoms. The van der Waals surface area contributed by atoms with Crippen molar-refractivity contribution in [1.29, 1.82) is 0 Å². The van der Waals surface area contributed by atoms with Gasteiger partial charge in [-0.1, -0.05) is 50.6 Å². The lowest BCUT2D eigenvalue weighted by molar-refractivity contribution is -0.123. The molecule has 0 aliphatic heterocycles. The van der Waals surface area contributed by atoms with Gasteiger partial charge in [0.05, 0.1) is 6.04 Å². The molecule has 1 aromatic carbocycles. The van der Waals surface area contributed by atoms with Gasteiger partial charge in [0, 0.05) is 6.04 Å². The standard InChI is InChI=1S/C16H24N2O/c1-16(2)10-6-9-14(16)18-15(19)13(17)11-12-7-4-3-5-8-12/h3-5,7-8,13-14H,6,9-11,17H2,1-2H3,(H,18,19)/t13-,14?/m1/s1. The van der Waals surface area contributed by atoms with Gasteiger partial charge in [0.2, 0.25) is 5.91 Å². The van der Waals surface area contributed by atoms with Crippen LogP contribution in [0.15, 0.2) is 30.3 Å². The molecule has 0 aromatic heterocycles. The van der Waals surface area contributed by atoms with Gasteiger partial charge in [-0.05, 0) is 30.2 Å². The highest BCUT2D eigenvalue weighted by Gasteiger charge is 2.35. The minimum Gasteiger partial charge on any atom is -0.351 e. The minimum atomic E-state index is -0.459. The predicted octanol–water partition coefficient (Wildman–Crippen LogP) is 2.25. The van der Waals surface area contributed by atoms with Gasteiger partial charge in [0.25, 0.3) is 0 Å². The van der Waals surface area contributed by atoms with Crippen LogP contribution < -0.4 is 11.1 Å². The summed E-state index contributed by atoms with van der Waals surface area (Å²) in [4.78, 5) is 12.2. The summed E-state index contributed by atoms with van der Waals surface area (Å²) in [5.41, 5.74) is 7.31. The van der Waals surface area contributed by atoms with Gasteiger partial charge in [-0.15, -0.1) is 0 Å². The van der Waals surface area contributed by atoms with Gasteiger partial charge in [0.1, 0.15) is 0 Å². The number of nitrogens with two attached hydrogens (primary N) is 1. The molecule has 1 aliphatic rings. The van der Waals surface area contributed by atoms with Crippen LogP contribution in [0.3, 0.4) is 0 Å². The maximum absolute atomic E-state index is 12.2. The Bertz CT molecular complexity index is 428. The van der Waals surface area contributed by atoms with Crippen LogP contribution in [0.2, 0.25) is 0 Å². The van der Waals surface area contributed by atoms with Crippen LogP contribution in [-0.4, -0.2) is 18.0 Å². The third-order valence-corrected chi connectivity index (χ3v) is 4.21. The van der Waals surface area contributed by atoms with Crippen molar-refractivity contribution in [3.8, 4) is 0 Å². The number of hydrogen-bond acceptors (Lipinski definition) is 2. The highest BCUT2D eigenvalue weighted by molar-refractivity contribution is 5.82. The summed E-state index contributed by atoms with van der Waals surface area (Å²) in [6, 6.07) is 9.73. The molecule has 1 unspecified atom stereocenters. The fourth-order valence-corrected chi connectivity index (χ4v) is 2.83. The van der Waals surface area contributed by atoms with E-state index in [9.17, 15) is 4.79 Å². The van der Waals surface area contributed by atoms with Crippen molar-refractivity contribution in [3.05, 3.63) is 35.9 Å². The number of carbonyl (C=O) groups excluding carboxylic acids is 1. The Morgan fingerprint density at radius 2 is 2.11 bits per heavy atom. The summed E-state index contributed by atoms with van der Waals surface area (Å²) in [5, 5.41) is 3.13. The fraction of sp³-hybridized carbons (Fsp3) is 0.562. The van der Waals surface area contributed by atoms with Gasteiger partial charge in [-0.25, -0.2) is 0 Å². The first-order valence-electron chi connectivity index (χ1n) is 7.09. The van der Waals surface area contributed by atoms with E-state index >= 15 is 0 Å². The molecule has 2 atom stereocenters. The van der Waals surface area contributed by atoms with Crippen LogP contribution in [0.1, 0.15) is 38.7 Å². The Kier molecular flexibility index (Phi) is 4.25. The molecule has 0 radical (unpaired) electrons. The molecule has 1 saturated carbocycles. The SMILES string of the molecule is CC1(C)CCCC1NC(=O)[C@H](N)Cc1ccccc1. The van der Waals surface area contributed by atoms with Crippen molar-refractivity contribution < 1.29 is 4.79 Å². The number of nitrogens with one attached hydrogen (secondary N) is 1. The maximum atomic E-state index is 12.2. The van der Waals surface area contributed by atoms with Crippen LogP contribution in [0.4, 0.5) is 0 Å². The second-order valence-corrected chi connectivity index (χ2v) is 6.24. The molecule has 0 saturated heterocycles. The molecule has 0 bridgehead atoms. The van der Waals surface area contributed by atoms with Crippen molar-refractivity contribution in [2.24, 2.45) is 11.1 Å². The average Bonchev–Trinajstić information content (AvgIpc) is 2.70. The van der Waals surface area contributed by atoms with Crippen LogP contribution in [0, 0.1) is 5.41 Å². The Balaban J connectivity index is 1.89. The molecule has 1 aromatic rings. The number of hydrogen-bond donors (Lipinski definition) is 2. The molecular formula is C16H24N2O. The second kappa shape index (κ2) is 5.74. The zero-order valence-corrected chi connectivity index (χ0v) is 11.9. The summed E-state index contributed by atoms with van der Waals surface area (Å²) in [7, 11) is 0. The second-order valence-electron chi connectivity index (χ2n) is 6.24. The van der Waals surface area contributed by atoms with Crippen LogP contribution in [-0.2, 0) is 11.2 Å². The van der Waals surface area contributed by atoms with E-state index in [0.717, 1.165) is 12.0 Å². The predicted molar refractivity (Wildman–Crippen MR) is 77.7 cm³/mol. The molecule has 104 valence electrons. The summed E-state index contributed by atoms with van der Waals surface area (Å²) in [5.74, 6) is -0.0242. The highest BCUT2D eigenvalue weighted by atomic mass is 16.2. The average molecular weight is 260 g/mol. The number of carbonyl (C=O) groups is 1. The van der Waals surface area contributed by atoms with E-state index in [-0.39, 0.29) is 17.4 Å². The number of benzene rings is 1. The molecule has 1 aliphatic carbocycles. The third kappa shape index (κ3) is 3.57. The molecule has 3 heteroatoms. The molecule has 1 fully saturated rings. The van der Waals surface area contributed by atoms with Crippen LogP contribution in [0.5, 0.6) is 0 Å². The lowest BCUT2D eigenvalue weighted by Crippen LogP contribution is -2.49. The van der Waals surface area contributed by atoms with Gasteiger partial charge >= 0.3 is 0 Å². The van der Waals surface area contributed by atoms with Gasteiger partial charge < -0.3 is 11.1 Å². The smallest absolute Gasteiger partial charge is 0.237 e. The molecule has 2 rings (SSSR count). The molecule has 1 amide bonds. The van der Waals surface area contributed by atoms with Gasteiger partial charge in [0.15, 0.2) is 0 Å². The first kappa shape index (κ1) is 14.1. The monoisotopic (exact) mass is 260 g/mol. The largest absolute Gasteiger partial charge is 0.351 e. The van der Waals surface area contributed by atoms with Crippen molar-refractivity contribution in [1.82, 2.24) is 5.32 Å². The maximum Gasteiger partial charge on any atom is 0.237 e. The van der Waals surface area contributed by atoms with E-state index in [4.69, 9.17) is 5.73 Å². The zero-order valence-electron chi connectivity index (χ0n) is 11.9. The van der Waals surface area contributed by atoms with E-state index in [1.165, 1.54) is 12.8 Å². The first-order chi connectivity index (χ1) is 8.99. The van der Waals surface area contributed by atoms with Crippen LogP contribution >= 0.6 is 0 Å². The zero-order chi connectivity index (χ0) is 13.9. The number of rotatable bonds is 4. The quantitative estimate of drug-likeness (QED) is 0.872. The Hall–Kier alpha value is -1.35. The van der Waals surface area contributed by atoms with Crippen molar-refractivity contribution in [2.45, 2.75) is 51.6 Å². The van der Waals surface area contributed by atoms with E-state index in [1.54, 1.807) is 0 Å². The van der Waals surface area contributed by atoms with Gasteiger partial charge in [-0.2, -0.15) is 0 Å². The summed E-state index contributed by atoms with van der Waals surface area (Å²) in [6.07, 6.45) is 4.02. The molecular weight excluding hydrogens is 236 g/mol. The van der Waals surface area contributed by atoms with E-state index in [2.05, 4.69) is 19.2 Å². The highest BCUT2D eigenvalue weighted by Crippen LogP contribution is 2.37. The normalized spacial score (nSPS) is 23.0. The molecule has 3 nitrogen and oxygen atoms in total. The first-order valence-corrected chi connectivity index (χ1v) is 7.09. The van der Waals surface area contributed by atoms with Crippen molar-refractivity contribution in [2.75, 3.05) is 0 Å². The summed E-state index contributed by atoms with van der Waals surface area (Å²) < 4.78 is 0. The minimum absolute atomic E-state index is 0.0242. The Morgan fingerprint density at radius 3 is 2.68 bits per heavy atom. The Labute approximate surface area is 115 Å².